The summed E-state index contributed by atoms with van der Waals surface area (Å²) in [6.07, 6.45) is 5.59. The van der Waals surface area contributed by atoms with Crippen LogP contribution < -0.4 is 4.74 Å². The van der Waals surface area contributed by atoms with Crippen LogP contribution in [0, 0.1) is 6.92 Å². The van der Waals surface area contributed by atoms with Crippen LogP contribution in [0.1, 0.15) is 47.6 Å². The highest BCUT2D eigenvalue weighted by Crippen LogP contribution is 2.43. The van der Waals surface area contributed by atoms with Crippen LogP contribution in [0.25, 0.3) is 0 Å². The fourth-order valence-electron chi connectivity index (χ4n) is 3.49. The first-order valence-corrected chi connectivity index (χ1v) is 6.65. The summed E-state index contributed by atoms with van der Waals surface area (Å²) in [6.45, 7) is 3.71. The Morgan fingerprint density at radius 3 is 1.88 bits per heavy atom. The minimum Gasteiger partial charge on any atom is -0.460 e. The van der Waals surface area contributed by atoms with Crippen LogP contribution in [-0.4, -0.2) is 6.36 Å². The lowest BCUT2D eigenvalue weighted by atomic mass is 9.94. The van der Waals surface area contributed by atoms with E-state index in [-0.39, 0.29) is 0 Å². The zero-order valence-electron chi connectivity index (χ0n) is 10.6. The first-order valence-electron chi connectivity index (χ1n) is 6.65. The van der Waals surface area contributed by atoms with Crippen molar-refractivity contribution in [1.29, 1.82) is 0 Å². The molecule has 0 heterocycles. The van der Waals surface area contributed by atoms with Gasteiger partial charge in [0, 0.05) is 6.92 Å². The molecule has 17 heavy (non-hydrogen) atoms. The molecule has 0 spiro atoms. The molecule has 0 aromatic heterocycles. The lowest BCUT2D eigenvalue weighted by Crippen LogP contribution is -2.09. The number of fused-ring (bicyclic) bond motifs is 2. The molecule has 0 N–H and O–H groups in total. The maximum Gasteiger partial charge on any atom is 0.235 e. The van der Waals surface area contributed by atoms with Gasteiger partial charge in [0.2, 0.25) is 6.36 Å². The maximum absolute atomic E-state index is 13.2. The van der Waals surface area contributed by atoms with E-state index < -0.39 is 6.36 Å². The molecule has 1 atom stereocenters. The van der Waals surface area contributed by atoms with E-state index in [0.717, 1.165) is 31.4 Å². The fraction of sp³-hybridized carbons (Fsp3) is 0.600. The Balaban J connectivity index is 2.19. The van der Waals surface area contributed by atoms with Crippen molar-refractivity contribution in [2.75, 3.05) is 0 Å². The number of hydrogen-bond donors (Lipinski definition) is 0. The van der Waals surface area contributed by atoms with Crippen LogP contribution in [0.5, 0.6) is 5.75 Å². The molecule has 1 aromatic rings. The van der Waals surface area contributed by atoms with E-state index in [1.807, 2.05) is 0 Å². The Morgan fingerprint density at radius 1 is 0.941 bits per heavy atom. The van der Waals surface area contributed by atoms with Crippen LogP contribution in [0.15, 0.2) is 0 Å². The summed E-state index contributed by atoms with van der Waals surface area (Å²) >= 11 is 0. The lowest BCUT2D eigenvalue weighted by molar-refractivity contribution is 0.0840. The highest BCUT2D eigenvalue weighted by molar-refractivity contribution is 5.58. The average Bonchev–Trinajstić information content (AvgIpc) is 2.92. The summed E-state index contributed by atoms with van der Waals surface area (Å²) in [7, 11) is 0. The Morgan fingerprint density at radius 2 is 1.41 bits per heavy atom. The van der Waals surface area contributed by atoms with Crippen LogP contribution in [-0.2, 0) is 25.7 Å². The van der Waals surface area contributed by atoms with Crippen molar-refractivity contribution < 1.29 is 9.13 Å². The zero-order valence-corrected chi connectivity index (χ0v) is 10.6. The van der Waals surface area contributed by atoms with E-state index in [2.05, 4.69) is 6.92 Å². The molecule has 1 aromatic carbocycles. The normalized spacial score (nSPS) is 19.0. The van der Waals surface area contributed by atoms with Crippen molar-refractivity contribution >= 4 is 0 Å². The van der Waals surface area contributed by atoms with Gasteiger partial charge in [0.25, 0.3) is 0 Å². The minimum atomic E-state index is -1.20. The van der Waals surface area contributed by atoms with Gasteiger partial charge in [-0.3, -0.25) is 0 Å². The minimum absolute atomic E-state index is 0.894. The third-order valence-electron chi connectivity index (χ3n) is 4.17. The van der Waals surface area contributed by atoms with E-state index in [1.165, 1.54) is 47.6 Å². The van der Waals surface area contributed by atoms with Gasteiger partial charge in [0.15, 0.2) is 0 Å². The molecule has 2 aliphatic carbocycles. The van der Waals surface area contributed by atoms with E-state index in [4.69, 9.17) is 4.74 Å². The molecule has 2 aliphatic rings. The van der Waals surface area contributed by atoms with Crippen molar-refractivity contribution in [2.24, 2.45) is 0 Å². The van der Waals surface area contributed by atoms with Crippen molar-refractivity contribution in [3.8, 4) is 5.75 Å². The highest BCUT2D eigenvalue weighted by Gasteiger charge is 2.28. The van der Waals surface area contributed by atoms with Gasteiger partial charge in [0.05, 0.1) is 0 Å². The molecule has 0 saturated carbocycles. The third kappa shape index (κ3) is 1.65. The number of halogens is 1. The number of rotatable bonds is 2. The molecule has 0 amide bonds. The topological polar surface area (TPSA) is 9.23 Å². The van der Waals surface area contributed by atoms with Gasteiger partial charge in [0.1, 0.15) is 5.75 Å². The number of ether oxygens (including phenoxy) is 1. The fourth-order valence-corrected chi connectivity index (χ4v) is 3.49. The second kappa shape index (κ2) is 4.01. The first-order chi connectivity index (χ1) is 8.18. The van der Waals surface area contributed by atoms with Gasteiger partial charge in [-0.05, 0) is 73.3 Å². The van der Waals surface area contributed by atoms with Gasteiger partial charge in [-0.2, -0.15) is 0 Å². The van der Waals surface area contributed by atoms with Crippen LogP contribution in [0.2, 0.25) is 0 Å². The molecule has 92 valence electrons. The highest BCUT2D eigenvalue weighted by atomic mass is 19.1. The maximum atomic E-state index is 13.2. The van der Waals surface area contributed by atoms with Crippen LogP contribution >= 0.6 is 0 Å². The average molecular weight is 234 g/mol. The van der Waals surface area contributed by atoms with Gasteiger partial charge >= 0.3 is 0 Å². The van der Waals surface area contributed by atoms with Crippen LogP contribution in [0.3, 0.4) is 0 Å². The van der Waals surface area contributed by atoms with Crippen molar-refractivity contribution in [3.63, 3.8) is 0 Å². The van der Waals surface area contributed by atoms with Gasteiger partial charge < -0.3 is 4.74 Å². The molecule has 2 heteroatoms. The molecule has 0 aliphatic heterocycles. The van der Waals surface area contributed by atoms with Crippen molar-refractivity contribution in [2.45, 2.75) is 58.7 Å². The zero-order chi connectivity index (χ0) is 12.0. The number of hydrogen-bond acceptors (Lipinski definition) is 1. The summed E-state index contributed by atoms with van der Waals surface area (Å²) in [4.78, 5) is 0. The Hall–Kier alpha value is -1.05. The number of alkyl halides is 1. The smallest absolute Gasteiger partial charge is 0.235 e. The molecule has 1 nitrogen and oxygen atoms in total. The van der Waals surface area contributed by atoms with Gasteiger partial charge in [-0.1, -0.05) is 0 Å². The van der Waals surface area contributed by atoms with Gasteiger partial charge in [-0.15, -0.1) is 0 Å². The second-order valence-electron chi connectivity index (χ2n) is 5.24. The molecule has 0 radical (unpaired) electrons. The first kappa shape index (κ1) is 11.1. The summed E-state index contributed by atoms with van der Waals surface area (Å²) in [5, 5.41) is 0. The molecule has 0 unspecified atom stereocenters. The van der Waals surface area contributed by atoms with Crippen molar-refractivity contribution in [3.05, 3.63) is 27.8 Å². The molecule has 0 fully saturated rings. The predicted octanol–water partition coefficient (Wildman–Crippen LogP) is 3.67. The Kier molecular flexibility index (Phi) is 2.61. The summed E-state index contributed by atoms with van der Waals surface area (Å²) in [5.41, 5.74) is 6.95. The van der Waals surface area contributed by atoms with Gasteiger partial charge in [-0.25, -0.2) is 4.39 Å². The monoisotopic (exact) mass is 234 g/mol. The lowest BCUT2D eigenvalue weighted by Gasteiger charge is -2.19. The third-order valence-corrected chi connectivity index (χ3v) is 4.17. The van der Waals surface area contributed by atoms with Crippen molar-refractivity contribution in [1.82, 2.24) is 0 Å². The Bertz CT molecular complexity index is 427. The molecular formula is C15H19FO. The van der Waals surface area contributed by atoms with E-state index in [1.54, 1.807) is 0 Å². The molecule has 3 rings (SSSR count). The number of benzene rings is 1. The van der Waals surface area contributed by atoms with E-state index in [0.29, 0.717) is 0 Å². The summed E-state index contributed by atoms with van der Waals surface area (Å²) in [5.74, 6) is 0.894. The summed E-state index contributed by atoms with van der Waals surface area (Å²) < 4.78 is 18.7. The van der Waals surface area contributed by atoms with Crippen LogP contribution in [0.4, 0.5) is 4.39 Å². The molecular weight excluding hydrogens is 215 g/mol. The molecule has 0 saturated heterocycles. The standard InChI is InChI=1S/C15H19FO/c1-9-11-5-3-7-13(11)15(17-10(2)16)14-8-4-6-12(9)14/h10H,3-8H2,1-2H3/t10-/m0/s1. The molecule has 0 bridgehead atoms. The second-order valence-corrected chi connectivity index (χ2v) is 5.24. The predicted molar refractivity (Wildman–Crippen MR) is 66.4 cm³/mol. The van der Waals surface area contributed by atoms with E-state index >= 15 is 0 Å². The van der Waals surface area contributed by atoms with E-state index in [9.17, 15) is 4.39 Å². The largest absolute Gasteiger partial charge is 0.460 e. The Labute approximate surface area is 102 Å². The quantitative estimate of drug-likeness (QED) is 0.758. The SMILES string of the molecule is Cc1c2c(c(O[C@@H](C)F)c3c1CCC3)CCC2. The summed E-state index contributed by atoms with van der Waals surface area (Å²) in [6, 6.07) is 0.